The van der Waals surface area contributed by atoms with Gasteiger partial charge in [0.05, 0.1) is 6.07 Å². The van der Waals surface area contributed by atoms with Gasteiger partial charge in [-0.25, -0.2) is 0 Å². The van der Waals surface area contributed by atoms with Crippen LogP contribution < -0.4 is 5.32 Å². The third-order valence-electron chi connectivity index (χ3n) is 1.11. The Morgan fingerprint density at radius 2 is 2.45 bits per heavy atom. The lowest BCUT2D eigenvalue weighted by molar-refractivity contribution is -0.138. The first-order valence-electron chi connectivity index (χ1n) is 3.16. The molecule has 0 radical (unpaired) electrons. The number of hydrogen-bond donors (Lipinski definition) is 3. The molecule has 0 aliphatic carbocycles. The molecule has 2 N–H and O–H groups in total. The number of rotatable bonds is 5. The van der Waals surface area contributed by atoms with Crippen molar-refractivity contribution < 1.29 is 9.90 Å². The highest BCUT2D eigenvalue weighted by molar-refractivity contribution is 7.80. The standard InChI is InChI=1S/C6H10N2O2S/c7-2-1-3-8-5(4-11)6(9)10/h5,8,11H,1,3-4H2,(H,9,10)/t5-/m0/s1. The van der Waals surface area contributed by atoms with E-state index in [-0.39, 0.29) is 5.75 Å². The Bertz CT molecular complexity index is 166. The van der Waals surface area contributed by atoms with E-state index in [9.17, 15) is 4.79 Å². The summed E-state index contributed by atoms with van der Waals surface area (Å²) in [6.45, 7) is 0.397. The molecule has 0 aliphatic heterocycles. The van der Waals surface area contributed by atoms with Gasteiger partial charge in [0.25, 0.3) is 0 Å². The number of carboxylic acid groups (broad SMARTS) is 1. The Hall–Kier alpha value is -0.730. The first-order valence-corrected chi connectivity index (χ1v) is 3.79. The van der Waals surface area contributed by atoms with Crippen LogP contribution in [0, 0.1) is 11.3 Å². The van der Waals surface area contributed by atoms with Gasteiger partial charge in [0, 0.05) is 18.7 Å². The van der Waals surface area contributed by atoms with Crippen LogP contribution in [0.25, 0.3) is 0 Å². The van der Waals surface area contributed by atoms with Gasteiger partial charge in [0.2, 0.25) is 0 Å². The van der Waals surface area contributed by atoms with E-state index < -0.39 is 12.0 Å². The van der Waals surface area contributed by atoms with Crippen molar-refractivity contribution >= 4 is 18.6 Å². The number of carbonyl (C=O) groups is 1. The molecule has 0 fully saturated rings. The van der Waals surface area contributed by atoms with Crippen LogP contribution in [0.3, 0.4) is 0 Å². The fourth-order valence-corrected chi connectivity index (χ4v) is 0.818. The smallest absolute Gasteiger partial charge is 0.321 e. The lowest BCUT2D eigenvalue weighted by Crippen LogP contribution is -2.38. The maximum Gasteiger partial charge on any atom is 0.321 e. The second-order valence-electron chi connectivity index (χ2n) is 1.94. The Kier molecular flexibility index (Phi) is 5.61. The molecule has 0 rings (SSSR count). The molecule has 11 heavy (non-hydrogen) atoms. The van der Waals surface area contributed by atoms with E-state index in [2.05, 4.69) is 17.9 Å². The van der Waals surface area contributed by atoms with Crippen molar-refractivity contribution in [1.29, 1.82) is 5.26 Å². The van der Waals surface area contributed by atoms with Crippen molar-refractivity contribution in [2.75, 3.05) is 12.3 Å². The quantitative estimate of drug-likeness (QED) is 0.401. The van der Waals surface area contributed by atoms with Gasteiger partial charge in [-0.05, 0) is 0 Å². The number of aliphatic carboxylic acids is 1. The van der Waals surface area contributed by atoms with E-state index in [1.807, 2.05) is 6.07 Å². The van der Waals surface area contributed by atoms with Crippen molar-refractivity contribution in [2.24, 2.45) is 0 Å². The van der Waals surface area contributed by atoms with Crippen LogP contribution in [0.15, 0.2) is 0 Å². The number of thiol groups is 1. The minimum atomic E-state index is -0.932. The van der Waals surface area contributed by atoms with Crippen LogP contribution in [-0.2, 0) is 4.79 Å². The lowest BCUT2D eigenvalue weighted by Gasteiger charge is -2.08. The maximum atomic E-state index is 10.3. The zero-order valence-electron chi connectivity index (χ0n) is 5.95. The highest BCUT2D eigenvalue weighted by Crippen LogP contribution is 1.87. The second kappa shape index (κ2) is 6.01. The fourth-order valence-electron chi connectivity index (χ4n) is 0.532. The van der Waals surface area contributed by atoms with Gasteiger partial charge in [0.15, 0.2) is 0 Å². The molecule has 0 heterocycles. The molecule has 0 saturated carbocycles. The molecular weight excluding hydrogens is 164 g/mol. The number of nitriles is 1. The molecular formula is C6H10N2O2S. The average Bonchev–Trinajstić information content (AvgIpc) is 1.97. The summed E-state index contributed by atoms with van der Waals surface area (Å²) in [4.78, 5) is 10.3. The minimum Gasteiger partial charge on any atom is -0.480 e. The zero-order valence-corrected chi connectivity index (χ0v) is 6.84. The Labute approximate surface area is 70.6 Å². The topological polar surface area (TPSA) is 73.1 Å². The molecule has 0 aromatic rings. The van der Waals surface area contributed by atoms with Gasteiger partial charge < -0.3 is 10.4 Å². The van der Waals surface area contributed by atoms with E-state index >= 15 is 0 Å². The molecule has 0 bridgehead atoms. The monoisotopic (exact) mass is 174 g/mol. The van der Waals surface area contributed by atoms with E-state index in [0.717, 1.165) is 0 Å². The third kappa shape index (κ3) is 4.65. The average molecular weight is 174 g/mol. The largest absolute Gasteiger partial charge is 0.480 e. The maximum absolute atomic E-state index is 10.3. The van der Waals surface area contributed by atoms with Crippen molar-refractivity contribution in [2.45, 2.75) is 12.5 Å². The molecule has 0 aromatic carbocycles. The molecule has 4 nitrogen and oxygen atoms in total. The molecule has 0 aromatic heterocycles. The summed E-state index contributed by atoms with van der Waals surface area (Å²) in [6.07, 6.45) is 0.317. The van der Waals surface area contributed by atoms with Gasteiger partial charge in [0.1, 0.15) is 6.04 Å². The Morgan fingerprint density at radius 3 is 2.82 bits per heavy atom. The van der Waals surface area contributed by atoms with Crippen molar-refractivity contribution in [3.63, 3.8) is 0 Å². The van der Waals surface area contributed by atoms with Gasteiger partial charge in [-0.2, -0.15) is 17.9 Å². The van der Waals surface area contributed by atoms with Gasteiger partial charge in [-0.1, -0.05) is 0 Å². The number of carboxylic acids is 1. The summed E-state index contributed by atoms with van der Waals surface area (Å²) in [7, 11) is 0. The van der Waals surface area contributed by atoms with Crippen LogP contribution in [0.1, 0.15) is 6.42 Å². The fraction of sp³-hybridized carbons (Fsp3) is 0.667. The lowest BCUT2D eigenvalue weighted by atomic mass is 10.3. The summed E-state index contributed by atoms with van der Waals surface area (Å²) in [5.41, 5.74) is 0. The molecule has 0 spiro atoms. The molecule has 0 saturated heterocycles. The first-order chi connectivity index (χ1) is 5.22. The number of hydrogen-bond acceptors (Lipinski definition) is 4. The van der Waals surface area contributed by atoms with Crippen LogP contribution in [0.2, 0.25) is 0 Å². The summed E-state index contributed by atoms with van der Waals surface area (Å²) in [6, 6.07) is 1.26. The normalized spacial score (nSPS) is 12.0. The molecule has 0 aliphatic rings. The van der Waals surface area contributed by atoms with E-state index in [4.69, 9.17) is 10.4 Å². The van der Waals surface area contributed by atoms with E-state index in [0.29, 0.717) is 13.0 Å². The van der Waals surface area contributed by atoms with Crippen molar-refractivity contribution in [1.82, 2.24) is 5.32 Å². The highest BCUT2D eigenvalue weighted by atomic mass is 32.1. The Morgan fingerprint density at radius 1 is 1.82 bits per heavy atom. The summed E-state index contributed by atoms with van der Waals surface area (Å²) in [5.74, 6) is -0.696. The molecule has 0 unspecified atom stereocenters. The molecule has 62 valence electrons. The van der Waals surface area contributed by atoms with Gasteiger partial charge in [-0.3, -0.25) is 4.79 Å². The summed E-state index contributed by atoms with van der Waals surface area (Å²) >= 11 is 3.83. The number of nitrogens with zero attached hydrogens (tertiary/aromatic N) is 1. The molecule has 1 atom stereocenters. The van der Waals surface area contributed by atoms with Crippen molar-refractivity contribution in [3.8, 4) is 6.07 Å². The first kappa shape index (κ1) is 10.3. The van der Waals surface area contributed by atoms with Crippen LogP contribution >= 0.6 is 12.6 Å². The second-order valence-corrected chi connectivity index (χ2v) is 2.30. The summed E-state index contributed by atoms with van der Waals surface area (Å²) < 4.78 is 0. The third-order valence-corrected chi connectivity index (χ3v) is 1.47. The predicted octanol–water partition coefficient (Wildman–Crippen LogP) is -0.127. The van der Waals surface area contributed by atoms with Gasteiger partial charge >= 0.3 is 5.97 Å². The van der Waals surface area contributed by atoms with Crippen LogP contribution in [-0.4, -0.2) is 29.4 Å². The van der Waals surface area contributed by atoms with Crippen molar-refractivity contribution in [3.05, 3.63) is 0 Å². The Balaban J connectivity index is 3.54. The minimum absolute atomic E-state index is 0.237. The van der Waals surface area contributed by atoms with E-state index in [1.54, 1.807) is 0 Å². The van der Waals surface area contributed by atoms with Gasteiger partial charge in [-0.15, -0.1) is 0 Å². The number of nitrogens with one attached hydrogen (secondary N) is 1. The molecule has 5 heteroatoms. The summed E-state index contributed by atoms with van der Waals surface area (Å²) in [5, 5.41) is 19.3. The van der Waals surface area contributed by atoms with Crippen LogP contribution in [0.5, 0.6) is 0 Å². The van der Waals surface area contributed by atoms with E-state index in [1.165, 1.54) is 0 Å². The zero-order chi connectivity index (χ0) is 8.69. The molecule has 0 amide bonds. The SMILES string of the molecule is N#CCCN[C@@H](CS)C(=O)O. The van der Waals surface area contributed by atoms with Crippen LogP contribution in [0.4, 0.5) is 0 Å². The predicted molar refractivity (Wildman–Crippen MR) is 43.5 cm³/mol. The highest BCUT2D eigenvalue weighted by Gasteiger charge is 2.12.